The van der Waals surface area contributed by atoms with Crippen molar-refractivity contribution >= 4 is 33.4 Å². The topological polar surface area (TPSA) is 29.1 Å². The molecule has 0 unspecified atom stereocenters. The van der Waals surface area contributed by atoms with E-state index in [9.17, 15) is 4.79 Å². The highest BCUT2D eigenvalue weighted by Gasteiger charge is 2.10. The lowest BCUT2D eigenvalue weighted by molar-refractivity contribution is 0.0950. The highest BCUT2D eigenvalue weighted by molar-refractivity contribution is 9.10. The van der Waals surface area contributed by atoms with Crippen molar-refractivity contribution in [1.29, 1.82) is 0 Å². The second-order valence-corrected chi connectivity index (χ2v) is 6.49. The second kappa shape index (κ2) is 7.10. The highest BCUT2D eigenvalue weighted by atomic mass is 79.9. The Balaban J connectivity index is 2.00. The Labute approximate surface area is 138 Å². The van der Waals surface area contributed by atoms with Gasteiger partial charge in [0.05, 0.1) is 5.56 Å². The van der Waals surface area contributed by atoms with Crippen LogP contribution in [0.5, 0.6) is 0 Å². The van der Waals surface area contributed by atoms with Crippen LogP contribution in [0.4, 0.5) is 0 Å². The van der Waals surface area contributed by atoms with Crippen LogP contribution in [0.25, 0.3) is 0 Å². The average molecular weight is 367 g/mol. The highest BCUT2D eigenvalue weighted by Crippen LogP contribution is 2.21. The number of hydrogen-bond acceptors (Lipinski definition) is 1. The van der Waals surface area contributed by atoms with E-state index < -0.39 is 0 Å². The van der Waals surface area contributed by atoms with Crippen LogP contribution in [0.3, 0.4) is 0 Å². The number of carbonyl (C=O) groups excluding carboxylic acids is 1. The zero-order valence-corrected chi connectivity index (χ0v) is 14.3. The normalized spacial score (nSPS) is 10.7. The number of rotatable bonds is 4. The van der Waals surface area contributed by atoms with E-state index in [1.807, 2.05) is 12.1 Å². The predicted molar refractivity (Wildman–Crippen MR) is 90.9 cm³/mol. The van der Waals surface area contributed by atoms with Gasteiger partial charge in [0.2, 0.25) is 0 Å². The molecule has 0 spiro atoms. The number of nitrogens with one attached hydrogen (secondary N) is 1. The first kappa shape index (κ1) is 16.1. The van der Waals surface area contributed by atoms with E-state index in [0.717, 1.165) is 5.56 Å². The monoisotopic (exact) mass is 365 g/mol. The lowest BCUT2D eigenvalue weighted by atomic mass is 10.0. The summed E-state index contributed by atoms with van der Waals surface area (Å²) in [5.41, 5.74) is 2.96. The lowest BCUT2D eigenvalue weighted by Crippen LogP contribution is -2.23. The third-order valence-electron chi connectivity index (χ3n) is 3.28. The van der Waals surface area contributed by atoms with Crippen LogP contribution in [0.15, 0.2) is 46.9 Å². The molecule has 0 saturated carbocycles. The van der Waals surface area contributed by atoms with Gasteiger partial charge in [-0.3, -0.25) is 4.79 Å². The third-order valence-corrected chi connectivity index (χ3v) is 4.17. The SMILES string of the molecule is CC(C)c1ccc(CNC(=O)c2ccc(Cl)cc2Br)cc1. The second-order valence-electron chi connectivity index (χ2n) is 5.20. The standard InChI is InChI=1S/C17H17BrClNO/c1-11(2)13-5-3-12(4-6-13)10-20-17(21)15-8-7-14(19)9-16(15)18/h3-9,11H,10H2,1-2H3,(H,20,21). The third kappa shape index (κ3) is 4.32. The van der Waals surface area contributed by atoms with E-state index >= 15 is 0 Å². The van der Waals surface area contributed by atoms with Crippen LogP contribution in [-0.4, -0.2) is 5.91 Å². The molecule has 0 saturated heterocycles. The molecule has 2 nitrogen and oxygen atoms in total. The van der Waals surface area contributed by atoms with Gasteiger partial charge in [0.25, 0.3) is 5.91 Å². The van der Waals surface area contributed by atoms with E-state index in [1.165, 1.54) is 5.56 Å². The van der Waals surface area contributed by atoms with Gasteiger partial charge in [-0.25, -0.2) is 0 Å². The quantitative estimate of drug-likeness (QED) is 0.796. The van der Waals surface area contributed by atoms with Gasteiger partial charge in [0.15, 0.2) is 0 Å². The Kier molecular flexibility index (Phi) is 5.43. The molecule has 2 aromatic carbocycles. The molecule has 2 rings (SSSR count). The van der Waals surface area contributed by atoms with Crippen LogP contribution in [0.1, 0.15) is 41.3 Å². The minimum absolute atomic E-state index is 0.119. The zero-order chi connectivity index (χ0) is 15.4. The van der Waals surface area contributed by atoms with Crippen molar-refractivity contribution in [3.63, 3.8) is 0 Å². The van der Waals surface area contributed by atoms with Crippen molar-refractivity contribution in [3.05, 3.63) is 68.7 Å². The van der Waals surface area contributed by atoms with Gasteiger partial charge in [-0.2, -0.15) is 0 Å². The first-order chi connectivity index (χ1) is 9.97. The summed E-state index contributed by atoms with van der Waals surface area (Å²) in [5.74, 6) is 0.394. The van der Waals surface area contributed by atoms with Gasteiger partial charge in [-0.15, -0.1) is 0 Å². The fraction of sp³-hybridized carbons (Fsp3) is 0.235. The minimum atomic E-state index is -0.119. The molecule has 21 heavy (non-hydrogen) atoms. The van der Waals surface area contributed by atoms with E-state index in [2.05, 4.69) is 47.2 Å². The van der Waals surface area contributed by atoms with Gasteiger partial charge < -0.3 is 5.32 Å². The fourth-order valence-electron chi connectivity index (χ4n) is 1.97. The summed E-state index contributed by atoms with van der Waals surface area (Å²) in [5, 5.41) is 3.51. The van der Waals surface area contributed by atoms with E-state index in [0.29, 0.717) is 27.5 Å². The molecule has 1 amide bonds. The Morgan fingerprint density at radius 1 is 1.19 bits per heavy atom. The van der Waals surface area contributed by atoms with E-state index in [-0.39, 0.29) is 5.91 Å². The van der Waals surface area contributed by atoms with Crippen molar-refractivity contribution in [2.24, 2.45) is 0 Å². The van der Waals surface area contributed by atoms with Gasteiger partial charge in [-0.05, 0) is 51.2 Å². The maximum atomic E-state index is 12.1. The number of halogens is 2. The van der Waals surface area contributed by atoms with E-state index in [4.69, 9.17) is 11.6 Å². The average Bonchev–Trinajstić information content (AvgIpc) is 2.45. The summed E-state index contributed by atoms with van der Waals surface area (Å²) in [4.78, 5) is 12.1. The molecule has 0 heterocycles. The van der Waals surface area contributed by atoms with Gasteiger partial charge >= 0.3 is 0 Å². The summed E-state index contributed by atoms with van der Waals surface area (Å²) in [6.45, 7) is 4.83. The number of carbonyl (C=O) groups is 1. The Hall–Kier alpha value is -1.32. The van der Waals surface area contributed by atoms with Crippen molar-refractivity contribution < 1.29 is 4.79 Å². The molecule has 0 aliphatic heterocycles. The Morgan fingerprint density at radius 3 is 2.43 bits per heavy atom. The maximum absolute atomic E-state index is 12.1. The number of benzene rings is 2. The predicted octanol–water partition coefficient (Wildman–Crippen LogP) is 5.16. The van der Waals surface area contributed by atoms with Crippen LogP contribution in [-0.2, 0) is 6.54 Å². The summed E-state index contributed by atoms with van der Waals surface area (Å²) in [6.07, 6.45) is 0. The van der Waals surface area contributed by atoms with Crippen molar-refractivity contribution in [1.82, 2.24) is 5.32 Å². The van der Waals surface area contributed by atoms with Crippen molar-refractivity contribution in [2.45, 2.75) is 26.3 Å². The first-order valence-electron chi connectivity index (χ1n) is 6.79. The molecule has 0 fully saturated rings. The lowest BCUT2D eigenvalue weighted by Gasteiger charge is -2.09. The number of hydrogen-bond donors (Lipinski definition) is 1. The van der Waals surface area contributed by atoms with Gasteiger partial charge in [-0.1, -0.05) is 49.7 Å². The van der Waals surface area contributed by atoms with Crippen LogP contribution >= 0.6 is 27.5 Å². The Bertz CT molecular complexity index is 638. The molecule has 0 radical (unpaired) electrons. The molecular formula is C17H17BrClNO. The summed E-state index contributed by atoms with van der Waals surface area (Å²) in [6, 6.07) is 13.4. The van der Waals surface area contributed by atoms with Crippen molar-refractivity contribution in [2.75, 3.05) is 0 Å². The number of amides is 1. The molecule has 110 valence electrons. The summed E-state index contributed by atoms with van der Waals surface area (Å²) >= 11 is 9.23. The summed E-state index contributed by atoms with van der Waals surface area (Å²) in [7, 11) is 0. The molecule has 2 aromatic rings. The van der Waals surface area contributed by atoms with Crippen molar-refractivity contribution in [3.8, 4) is 0 Å². The fourth-order valence-corrected chi connectivity index (χ4v) is 2.83. The largest absolute Gasteiger partial charge is 0.348 e. The van der Waals surface area contributed by atoms with Gasteiger partial charge in [0.1, 0.15) is 0 Å². The van der Waals surface area contributed by atoms with Crippen LogP contribution in [0, 0.1) is 0 Å². The Morgan fingerprint density at radius 2 is 1.86 bits per heavy atom. The minimum Gasteiger partial charge on any atom is -0.348 e. The molecule has 0 atom stereocenters. The molecule has 0 aliphatic carbocycles. The smallest absolute Gasteiger partial charge is 0.252 e. The molecule has 4 heteroatoms. The molecule has 0 aliphatic rings. The molecule has 0 aromatic heterocycles. The van der Waals surface area contributed by atoms with Crippen LogP contribution < -0.4 is 5.32 Å². The zero-order valence-electron chi connectivity index (χ0n) is 12.0. The van der Waals surface area contributed by atoms with E-state index in [1.54, 1.807) is 18.2 Å². The molecular weight excluding hydrogens is 350 g/mol. The van der Waals surface area contributed by atoms with Crippen LogP contribution in [0.2, 0.25) is 5.02 Å². The molecule has 0 bridgehead atoms. The molecule has 1 N–H and O–H groups in total. The van der Waals surface area contributed by atoms with Gasteiger partial charge in [0, 0.05) is 16.0 Å². The first-order valence-corrected chi connectivity index (χ1v) is 7.96. The summed E-state index contributed by atoms with van der Waals surface area (Å²) < 4.78 is 0.697. The maximum Gasteiger partial charge on any atom is 0.252 e.